The van der Waals surface area contributed by atoms with E-state index in [0.29, 0.717) is 5.69 Å². The lowest BCUT2D eigenvalue weighted by Crippen LogP contribution is -2.33. The predicted molar refractivity (Wildman–Crippen MR) is 78.1 cm³/mol. The summed E-state index contributed by atoms with van der Waals surface area (Å²) >= 11 is 6.03. The standard InChI is InChI=1S/C13H20ClN3O3/c1-8(13(2,3)4)16-9-6-15-17(7-10(18)20-5)12(19)11(9)14/h6,8,16H,7H2,1-5H3. The number of carbonyl (C=O) groups is 1. The molecular formula is C13H20ClN3O3. The van der Waals surface area contributed by atoms with Crippen molar-refractivity contribution in [2.75, 3.05) is 12.4 Å². The first-order valence-corrected chi connectivity index (χ1v) is 6.63. The number of aromatic nitrogens is 2. The summed E-state index contributed by atoms with van der Waals surface area (Å²) < 4.78 is 5.46. The second kappa shape index (κ2) is 6.26. The van der Waals surface area contributed by atoms with Gasteiger partial charge in [0.15, 0.2) is 0 Å². The third-order valence-electron chi connectivity index (χ3n) is 3.16. The summed E-state index contributed by atoms with van der Waals surface area (Å²) in [5, 5.41) is 7.09. The Kier molecular flexibility index (Phi) is 5.16. The quantitative estimate of drug-likeness (QED) is 0.860. The fourth-order valence-corrected chi connectivity index (χ4v) is 1.52. The molecule has 1 unspecified atom stereocenters. The lowest BCUT2D eigenvalue weighted by molar-refractivity contribution is -0.141. The average molecular weight is 302 g/mol. The Morgan fingerprint density at radius 1 is 1.55 bits per heavy atom. The van der Waals surface area contributed by atoms with Crippen LogP contribution in [0.25, 0.3) is 0 Å². The summed E-state index contributed by atoms with van der Waals surface area (Å²) in [7, 11) is 1.25. The van der Waals surface area contributed by atoms with Gasteiger partial charge in [-0.25, -0.2) is 4.68 Å². The Morgan fingerprint density at radius 3 is 2.65 bits per heavy atom. The van der Waals surface area contributed by atoms with Crippen LogP contribution in [0.3, 0.4) is 0 Å². The third-order valence-corrected chi connectivity index (χ3v) is 3.53. The van der Waals surface area contributed by atoms with E-state index < -0.39 is 11.5 Å². The molecule has 0 aliphatic heterocycles. The van der Waals surface area contributed by atoms with E-state index in [1.807, 2.05) is 6.92 Å². The fourth-order valence-electron chi connectivity index (χ4n) is 1.31. The Balaban J connectivity index is 3.01. The molecule has 0 amide bonds. The number of nitrogens with one attached hydrogen (secondary N) is 1. The first-order valence-electron chi connectivity index (χ1n) is 6.25. The molecule has 0 radical (unpaired) electrons. The smallest absolute Gasteiger partial charge is 0.327 e. The third kappa shape index (κ3) is 3.96. The zero-order chi connectivity index (χ0) is 15.5. The second-order valence-corrected chi connectivity index (χ2v) is 6.02. The minimum Gasteiger partial charge on any atom is -0.468 e. The molecule has 6 nitrogen and oxygen atoms in total. The molecule has 0 fully saturated rings. The molecule has 1 N–H and O–H groups in total. The number of anilines is 1. The van der Waals surface area contributed by atoms with Gasteiger partial charge in [0.2, 0.25) is 0 Å². The van der Waals surface area contributed by atoms with Gasteiger partial charge in [-0.1, -0.05) is 32.4 Å². The Bertz CT molecular complexity index is 549. The van der Waals surface area contributed by atoms with Gasteiger partial charge < -0.3 is 10.1 Å². The van der Waals surface area contributed by atoms with Crippen molar-refractivity contribution in [1.82, 2.24) is 9.78 Å². The largest absolute Gasteiger partial charge is 0.468 e. The first kappa shape index (κ1) is 16.5. The van der Waals surface area contributed by atoms with Crippen LogP contribution in [0.1, 0.15) is 27.7 Å². The van der Waals surface area contributed by atoms with Crippen LogP contribution in [0.5, 0.6) is 0 Å². The number of ether oxygens (including phenoxy) is 1. The molecule has 0 spiro atoms. The molecule has 1 atom stereocenters. The zero-order valence-corrected chi connectivity index (χ0v) is 13.1. The van der Waals surface area contributed by atoms with E-state index in [2.05, 4.69) is 35.9 Å². The van der Waals surface area contributed by atoms with Crippen LogP contribution < -0.4 is 10.9 Å². The molecule has 0 aliphatic rings. The van der Waals surface area contributed by atoms with Gasteiger partial charge in [-0.05, 0) is 12.3 Å². The molecule has 1 aromatic rings. The molecule has 0 saturated carbocycles. The van der Waals surface area contributed by atoms with Gasteiger partial charge in [0.25, 0.3) is 5.56 Å². The maximum atomic E-state index is 12.0. The van der Waals surface area contributed by atoms with Crippen LogP contribution in [0, 0.1) is 5.41 Å². The van der Waals surface area contributed by atoms with E-state index in [1.165, 1.54) is 13.3 Å². The van der Waals surface area contributed by atoms with Crippen molar-refractivity contribution in [3.05, 3.63) is 21.6 Å². The lowest BCUT2D eigenvalue weighted by Gasteiger charge is -2.29. The predicted octanol–water partition coefficient (Wildman–Crippen LogP) is 1.92. The minimum atomic E-state index is -0.556. The number of hydrogen-bond donors (Lipinski definition) is 1. The number of carbonyl (C=O) groups excluding carboxylic acids is 1. The monoisotopic (exact) mass is 301 g/mol. The summed E-state index contributed by atoms with van der Waals surface area (Å²) in [6.45, 7) is 7.96. The van der Waals surface area contributed by atoms with Crippen LogP contribution in [0.4, 0.5) is 5.69 Å². The summed E-state index contributed by atoms with van der Waals surface area (Å²) in [6, 6.07) is 0.0951. The molecule has 1 rings (SSSR count). The van der Waals surface area contributed by atoms with Crippen molar-refractivity contribution in [2.24, 2.45) is 5.41 Å². The van der Waals surface area contributed by atoms with Crippen LogP contribution in [-0.2, 0) is 16.1 Å². The van der Waals surface area contributed by atoms with Crippen LogP contribution >= 0.6 is 11.6 Å². The van der Waals surface area contributed by atoms with Crippen LogP contribution in [0.2, 0.25) is 5.02 Å². The second-order valence-electron chi connectivity index (χ2n) is 5.64. The van der Waals surface area contributed by atoms with Crippen molar-refractivity contribution < 1.29 is 9.53 Å². The number of halogens is 1. The number of nitrogens with zero attached hydrogens (tertiary/aromatic N) is 2. The van der Waals surface area contributed by atoms with Crippen LogP contribution in [0.15, 0.2) is 11.0 Å². The summed E-state index contributed by atoms with van der Waals surface area (Å²) in [4.78, 5) is 23.2. The number of methoxy groups -OCH3 is 1. The summed E-state index contributed by atoms with van der Waals surface area (Å²) in [6.07, 6.45) is 1.44. The molecule has 112 valence electrons. The van der Waals surface area contributed by atoms with Gasteiger partial charge in [-0.3, -0.25) is 9.59 Å². The summed E-state index contributed by atoms with van der Waals surface area (Å²) in [5.41, 5.74) is -0.0621. The van der Waals surface area contributed by atoms with E-state index in [0.717, 1.165) is 4.68 Å². The molecule has 1 aromatic heterocycles. The van der Waals surface area contributed by atoms with Crippen molar-refractivity contribution in [3.63, 3.8) is 0 Å². The molecule has 20 heavy (non-hydrogen) atoms. The van der Waals surface area contributed by atoms with Gasteiger partial charge >= 0.3 is 5.97 Å². The Hall–Kier alpha value is -1.56. The maximum Gasteiger partial charge on any atom is 0.327 e. The Labute approximate surface area is 123 Å². The molecule has 7 heteroatoms. The first-order chi connectivity index (χ1) is 9.16. The fraction of sp³-hybridized carbons (Fsp3) is 0.615. The minimum absolute atomic E-state index is 0.00417. The highest BCUT2D eigenvalue weighted by Crippen LogP contribution is 2.24. The van der Waals surface area contributed by atoms with Crippen LogP contribution in [-0.4, -0.2) is 28.9 Å². The molecule has 1 heterocycles. The van der Waals surface area contributed by atoms with Gasteiger partial charge in [-0.2, -0.15) is 5.10 Å². The molecular weight excluding hydrogens is 282 g/mol. The van der Waals surface area contributed by atoms with Gasteiger partial charge in [0, 0.05) is 6.04 Å². The molecule has 0 aromatic carbocycles. The normalized spacial score (nSPS) is 12.9. The topological polar surface area (TPSA) is 73.2 Å². The molecule has 0 aliphatic carbocycles. The van der Waals surface area contributed by atoms with E-state index in [4.69, 9.17) is 11.6 Å². The van der Waals surface area contributed by atoms with Gasteiger partial charge in [-0.15, -0.1) is 0 Å². The van der Waals surface area contributed by atoms with E-state index >= 15 is 0 Å². The SMILES string of the molecule is COC(=O)Cn1ncc(NC(C)C(C)(C)C)c(Cl)c1=O. The summed E-state index contributed by atoms with van der Waals surface area (Å²) in [5.74, 6) is -0.556. The molecule has 0 saturated heterocycles. The highest BCUT2D eigenvalue weighted by molar-refractivity contribution is 6.32. The van der Waals surface area contributed by atoms with Crippen molar-refractivity contribution >= 4 is 23.3 Å². The van der Waals surface area contributed by atoms with Crippen molar-refractivity contribution in [3.8, 4) is 0 Å². The lowest BCUT2D eigenvalue weighted by atomic mass is 9.88. The van der Waals surface area contributed by atoms with Crippen molar-refractivity contribution in [2.45, 2.75) is 40.3 Å². The van der Waals surface area contributed by atoms with E-state index in [1.54, 1.807) is 0 Å². The number of hydrogen-bond acceptors (Lipinski definition) is 5. The molecule has 0 bridgehead atoms. The van der Waals surface area contributed by atoms with E-state index in [-0.39, 0.29) is 23.0 Å². The number of rotatable bonds is 4. The number of esters is 1. The highest BCUT2D eigenvalue weighted by Gasteiger charge is 2.21. The van der Waals surface area contributed by atoms with Crippen molar-refractivity contribution in [1.29, 1.82) is 0 Å². The van der Waals surface area contributed by atoms with Gasteiger partial charge in [0.1, 0.15) is 11.6 Å². The van der Waals surface area contributed by atoms with E-state index in [9.17, 15) is 9.59 Å². The average Bonchev–Trinajstić information content (AvgIpc) is 2.36. The highest BCUT2D eigenvalue weighted by atomic mass is 35.5. The Morgan fingerprint density at radius 2 is 2.15 bits per heavy atom. The van der Waals surface area contributed by atoms with Gasteiger partial charge in [0.05, 0.1) is 19.0 Å². The maximum absolute atomic E-state index is 12.0. The zero-order valence-electron chi connectivity index (χ0n) is 12.4.